The minimum absolute atomic E-state index is 0.230. The average Bonchev–Trinajstić information content (AvgIpc) is 2.46. The second-order valence-corrected chi connectivity index (χ2v) is 4.23. The van der Waals surface area contributed by atoms with Crippen LogP contribution in [0.25, 0.3) is 0 Å². The fourth-order valence-corrected chi connectivity index (χ4v) is 1.69. The lowest BCUT2D eigenvalue weighted by Gasteiger charge is -2.10. The van der Waals surface area contributed by atoms with Gasteiger partial charge >= 0.3 is 6.18 Å². The quantitative estimate of drug-likeness (QED) is 0.882. The number of alkyl halides is 3. The lowest BCUT2D eigenvalue weighted by Crippen LogP contribution is -2.15. The van der Waals surface area contributed by atoms with Gasteiger partial charge in [-0.3, -0.25) is 4.79 Å². The topological polar surface area (TPSA) is 51.2 Å². The Bertz CT molecular complexity index is 701. The minimum Gasteiger partial charge on any atom is -0.481 e. The van der Waals surface area contributed by atoms with E-state index in [2.05, 4.69) is 10.3 Å². The molecular weight excluding hydrogens is 304 g/mol. The second kappa shape index (κ2) is 6.00. The van der Waals surface area contributed by atoms with Crippen LogP contribution in [0.1, 0.15) is 15.9 Å². The standard InChI is InChI=1S/C14H10F4N2O2/c1-22-12-7-9(4-5-19-12)20-13(21)8-2-3-11(15)10(6-8)14(16,17)18/h2-7H,1H3,(H,19,20,21). The summed E-state index contributed by atoms with van der Waals surface area (Å²) in [5.41, 5.74) is -1.52. The molecule has 0 unspecified atom stereocenters. The first-order valence-corrected chi connectivity index (χ1v) is 5.99. The zero-order valence-corrected chi connectivity index (χ0v) is 11.2. The van der Waals surface area contributed by atoms with Gasteiger partial charge in [-0.05, 0) is 24.3 Å². The monoisotopic (exact) mass is 314 g/mol. The molecule has 0 aliphatic heterocycles. The molecule has 0 bridgehead atoms. The summed E-state index contributed by atoms with van der Waals surface area (Å²) >= 11 is 0. The number of methoxy groups -OCH3 is 1. The van der Waals surface area contributed by atoms with Crippen LogP contribution < -0.4 is 10.1 Å². The van der Waals surface area contributed by atoms with Crippen molar-refractivity contribution in [2.24, 2.45) is 0 Å². The summed E-state index contributed by atoms with van der Waals surface area (Å²) in [7, 11) is 1.38. The van der Waals surface area contributed by atoms with Crippen LogP contribution in [0.5, 0.6) is 5.88 Å². The van der Waals surface area contributed by atoms with Crippen LogP contribution in [-0.4, -0.2) is 18.0 Å². The van der Waals surface area contributed by atoms with Crippen molar-refractivity contribution < 1.29 is 27.1 Å². The number of hydrogen-bond acceptors (Lipinski definition) is 3. The minimum atomic E-state index is -4.87. The second-order valence-electron chi connectivity index (χ2n) is 4.23. The molecule has 0 radical (unpaired) electrons. The van der Waals surface area contributed by atoms with Crippen LogP contribution in [0.3, 0.4) is 0 Å². The number of aromatic nitrogens is 1. The Morgan fingerprint density at radius 2 is 1.95 bits per heavy atom. The molecule has 22 heavy (non-hydrogen) atoms. The highest BCUT2D eigenvalue weighted by molar-refractivity contribution is 6.04. The highest BCUT2D eigenvalue weighted by atomic mass is 19.4. The molecule has 0 spiro atoms. The largest absolute Gasteiger partial charge is 0.481 e. The molecule has 8 heteroatoms. The number of carbonyl (C=O) groups excluding carboxylic acids is 1. The molecule has 1 heterocycles. The summed E-state index contributed by atoms with van der Waals surface area (Å²) in [6.07, 6.45) is -3.51. The van der Waals surface area contributed by atoms with Crippen molar-refractivity contribution >= 4 is 11.6 Å². The summed E-state index contributed by atoms with van der Waals surface area (Å²) in [6.45, 7) is 0. The van der Waals surface area contributed by atoms with Crippen molar-refractivity contribution in [3.05, 3.63) is 53.5 Å². The number of hydrogen-bond donors (Lipinski definition) is 1. The Balaban J connectivity index is 2.26. The molecule has 1 N–H and O–H groups in total. The fraction of sp³-hybridized carbons (Fsp3) is 0.143. The summed E-state index contributed by atoms with van der Waals surface area (Å²) in [5, 5.41) is 2.38. The molecule has 1 amide bonds. The molecule has 0 aliphatic carbocycles. The van der Waals surface area contributed by atoms with E-state index in [1.807, 2.05) is 0 Å². The number of amides is 1. The number of pyridine rings is 1. The van der Waals surface area contributed by atoms with E-state index in [-0.39, 0.29) is 17.1 Å². The first-order valence-electron chi connectivity index (χ1n) is 5.99. The molecule has 4 nitrogen and oxygen atoms in total. The average molecular weight is 314 g/mol. The van der Waals surface area contributed by atoms with Crippen molar-refractivity contribution in [2.75, 3.05) is 12.4 Å². The lowest BCUT2D eigenvalue weighted by molar-refractivity contribution is -0.140. The number of carbonyl (C=O) groups is 1. The Hall–Kier alpha value is -2.64. The predicted molar refractivity (Wildman–Crippen MR) is 70.1 cm³/mol. The first kappa shape index (κ1) is 15.7. The molecule has 0 fully saturated rings. The maximum absolute atomic E-state index is 13.2. The summed E-state index contributed by atoms with van der Waals surface area (Å²) < 4.78 is 55.9. The lowest BCUT2D eigenvalue weighted by atomic mass is 10.1. The normalized spacial score (nSPS) is 11.1. The maximum atomic E-state index is 13.2. The Labute approximate surface area is 122 Å². The van der Waals surface area contributed by atoms with Crippen LogP contribution >= 0.6 is 0 Å². The molecule has 0 aliphatic rings. The van der Waals surface area contributed by atoms with Gasteiger partial charge in [-0.25, -0.2) is 9.37 Å². The zero-order chi connectivity index (χ0) is 16.3. The van der Waals surface area contributed by atoms with Gasteiger partial charge in [-0.2, -0.15) is 13.2 Å². The van der Waals surface area contributed by atoms with Gasteiger partial charge in [0.05, 0.1) is 12.7 Å². The van der Waals surface area contributed by atoms with Crippen LogP contribution in [0.2, 0.25) is 0 Å². The van der Waals surface area contributed by atoms with E-state index >= 15 is 0 Å². The van der Waals surface area contributed by atoms with Gasteiger partial charge in [0.25, 0.3) is 5.91 Å². The third-order valence-corrected chi connectivity index (χ3v) is 2.74. The molecule has 116 valence electrons. The number of halogens is 4. The number of nitrogens with zero attached hydrogens (tertiary/aromatic N) is 1. The number of rotatable bonds is 3. The van der Waals surface area contributed by atoms with Gasteiger partial charge in [0.15, 0.2) is 0 Å². The van der Waals surface area contributed by atoms with Crippen molar-refractivity contribution in [1.82, 2.24) is 4.98 Å². The Morgan fingerprint density at radius 3 is 2.59 bits per heavy atom. The molecule has 0 saturated carbocycles. The van der Waals surface area contributed by atoms with Gasteiger partial charge in [-0.1, -0.05) is 0 Å². The molecule has 1 aromatic carbocycles. The van der Waals surface area contributed by atoms with E-state index in [0.29, 0.717) is 12.1 Å². The Morgan fingerprint density at radius 1 is 1.23 bits per heavy atom. The van der Waals surface area contributed by atoms with Crippen molar-refractivity contribution in [2.45, 2.75) is 6.18 Å². The van der Waals surface area contributed by atoms with Gasteiger partial charge in [0.2, 0.25) is 5.88 Å². The number of ether oxygens (including phenoxy) is 1. The van der Waals surface area contributed by atoms with E-state index in [1.54, 1.807) is 0 Å². The van der Waals surface area contributed by atoms with Crippen LogP contribution in [-0.2, 0) is 6.18 Å². The van der Waals surface area contributed by atoms with E-state index < -0.39 is 23.5 Å². The first-order chi connectivity index (χ1) is 10.3. The fourth-order valence-electron chi connectivity index (χ4n) is 1.69. The van der Waals surface area contributed by atoms with Crippen molar-refractivity contribution in [3.8, 4) is 5.88 Å². The molecule has 0 atom stereocenters. The smallest absolute Gasteiger partial charge is 0.419 e. The van der Waals surface area contributed by atoms with Crippen molar-refractivity contribution in [3.63, 3.8) is 0 Å². The van der Waals surface area contributed by atoms with Crippen LogP contribution in [0.4, 0.5) is 23.2 Å². The molecule has 1 aromatic heterocycles. The Kier molecular flexibility index (Phi) is 4.30. The highest BCUT2D eigenvalue weighted by Gasteiger charge is 2.34. The SMILES string of the molecule is COc1cc(NC(=O)c2ccc(F)c(C(F)(F)F)c2)ccn1. The van der Waals surface area contributed by atoms with E-state index in [1.165, 1.54) is 25.4 Å². The van der Waals surface area contributed by atoms with Gasteiger partial charge in [0, 0.05) is 23.5 Å². The number of anilines is 1. The van der Waals surface area contributed by atoms with Crippen molar-refractivity contribution in [1.29, 1.82) is 0 Å². The van der Waals surface area contributed by atoms with E-state index in [9.17, 15) is 22.4 Å². The van der Waals surface area contributed by atoms with Gasteiger partial charge in [0.1, 0.15) is 5.82 Å². The third kappa shape index (κ3) is 3.51. The number of benzene rings is 1. The predicted octanol–water partition coefficient (Wildman–Crippen LogP) is 3.50. The maximum Gasteiger partial charge on any atom is 0.419 e. The van der Waals surface area contributed by atoms with Crippen LogP contribution in [0.15, 0.2) is 36.5 Å². The molecule has 2 aromatic rings. The number of nitrogens with one attached hydrogen (secondary N) is 1. The zero-order valence-electron chi connectivity index (χ0n) is 11.2. The summed E-state index contributed by atoms with van der Waals surface area (Å²) in [5.74, 6) is -2.01. The third-order valence-electron chi connectivity index (χ3n) is 2.74. The van der Waals surface area contributed by atoms with Crippen LogP contribution in [0, 0.1) is 5.82 Å². The highest BCUT2D eigenvalue weighted by Crippen LogP contribution is 2.32. The van der Waals surface area contributed by atoms with E-state index in [4.69, 9.17) is 4.74 Å². The molecule has 0 saturated heterocycles. The van der Waals surface area contributed by atoms with Gasteiger partial charge in [-0.15, -0.1) is 0 Å². The summed E-state index contributed by atoms with van der Waals surface area (Å²) in [4.78, 5) is 15.8. The molecule has 2 rings (SSSR count). The van der Waals surface area contributed by atoms with Gasteiger partial charge < -0.3 is 10.1 Å². The summed E-state index contributed by atoms with van der Waals surface area (Å²) in [6, 6.07) is 4.87. The molecular formula is C14H10F4N2O2. The van der Waals surface area contributed by atoms with E-state index in [0.717, 1.165) is 6.07 Å².